The fraction of sp³-hybridized carbons (Fsp3) is 0.381. The van der Waals surface area contributed by atoms with Gasteiger partial charge in [-0.3, -0.25) is 0 Å². The number of imidazole rings is 1. The van der Waals surface area contributed by atoms with Crippen LogP contribution in [0.15, 0.2) is 36.5 Å². The number of amides is 2. The Morgan fingerprint density at radius 1 is 1.31 bits per heavy atom. The molecule has 1 fully saturated rings. The molecule has 0 spiro atoms. The second-order valence-electron chi connectivity index (χ2n) is 7.16. The number of fused-ring (bicyclic) bond motifs is 1. The molecule has 0 unspecified atom stereocenters. The number of anilines is 1. The molecule has 3 aromatic rings. The summed E-state index contributed by atoms with van der Waals surface area (Å²) in [4.78, 5) is 21.7. The van der Waals surface area contributed by atoms with Gasteiger partial charge in [0.25, 0.3) is 0 Å². The lowest BCUT2D eigenvalue weighted by Gasteiger charge is -2.16. The van der Waals surface area contributed by atoms with Gasteiger partial charge < -0.3 is 19.9 Å². The van der Waals surface area contributed by atoms with Gasteiger partial charge in [0.2, 0.25) is 0 Å². The van der Waals surface area contributed by atoms with Crippen molar-refractivity contribution in [3.05, 3.63) is 47.4 Å². The quantitative estimate of drug-likeness (QED) is 0.620. The van der Waals surface area contributed by atoms with Gasteiger partial charge in [-0.2, -0.15) is 0 Å². The number of urea groups is 1. The van der Waals surface area contributed by atoms with E-state index in [1.807, 2.05) is 18.3 Å². The summed E-state index contributed by atoms with van der Waals surface area (Å²) in [7, 11) is 1.55. The number of benzene rings is 1. The van der Waals surface area contributed by atoms with Gasteiger partial charge in [-0.05, 0) is 43.2 Å². The average molecular weight is 414 g/mol. The minimum absolute atomic E-state index is 0.313. The minimum atomic E-state index is -0.313. The molecule has 1 aromatic carbocycles. The summed E-state index contributed by atoms with van der Waals surface area (Å²) in [6.07, 6.45) is 7.21. The molecule has 2 aromatic heterocycles. The van der Waals surface area contributed by atoms with Gasteiger partial charge in [-0.25, -0.2) is 14.8 Å². The number of aromatic nitrogens is 3. The molecule has 0 saturated heterocycles. The van der Waals surface area contributed by atoms with Crippen LogP contribution in [0.25, 0.3) is 11.2 Å². The third-order valence-electron chi connectivity index (χ3n) is 5.26. The van der Waals surface area contributed by atoms with Crippen LogP contribution < -0.4 is 15.4 Å². The normalized spacial score (nSPS) is 14.3. The largest absolute Gasteiger partial charge is 0.495 e. The van der Waals surface area contributed by atoms with Crippen molar-refractivity contribution in [2.24, 2.45) is 0 Å². The first-order valence-electron chi connectivity index (χ1n) is 9.86. The lowest BCUT2D eigenvalue weighted by molar-refractivity contribution is 0.252. The highest BCUT2D eigenvalue weighted by Gasteiger charge is 2.23. The van der Waals surface area contributed by atoms with Crippen LogP contribution in [-0.2, 0) is 6.42 Å². The first kappa shape index (κ1) is 19.5. The van der Waals surface area contributed by atoms with E-state index in [0.717, 1.165) is 29.8 Å². The van der Waals surface area contributed by atoms with Gasteiger partial charge >= 0.3 is 6.03 Å². The summed E-state index contributed by atoms with van der Waals surface area (Å²) in [5.74, 6) is 1.52. The molecular weight excluding hydrogens is 390 g/mol. The fourth-order valence-electron chi connectivity index (χ4n) is 3.93. The number of halogens is 1. The van der Waals surface area contributed by atoms with E-state index in [-0.39, 0.29) is 6.03 Å². The van der Waals surface area contributed by atoms with Crippen LogP contribution in [-0.4, -0.2) is 34.2 Å². The Morgan fingerprint density at radius 3 is 2.93 bits per heavy atom. The molecule has 0 bridgehead atoms. The molecule has 0 radical (unpaired) electrons. The summed E-state index contributed by atoms with van der Waals surface area (Å²) in [5.41, 5.74) is 2.37. The molecule has 29 heavy (non-hydrogen) atoms. The molecule has 1 aliphatic rings. The van der Waals surface area contributed by atoms with E-state index in [4.69, 9.17) is 21.3 Å². The average Bonchev–Trinajstić information content (AvgIpc) is 3.35. The van der Waals surface area contributed by atoms with E-state index in [0.29, 0.717) is 35.5 Å². The number of hydrogen-bond donors (Lipinski definition) is 2. The molecule has 7 nitrogen and oxygen atoms in total. The summed E-state index contributed by atoms with van der Waals surface area (Å²) in [5, 5.41) is 6.20. The summed E-state index contributed by atoms with van der Waals surface area (Å²) < 4.78 is 7.53. The van der Waals surface area contributed by atoms with E-state index in [1.54, 1.807) is 25.3 Å². The fourth-order valence-corrected chi connectivity index (χ4v) is 4.10. The van der Waals surface area contributed by atoms with Crippen molar-refractivity contribution in [3.63, 3.8) is 0 Å². The topological polar surface area (TPSA) is 81.1 Å². The molecule has 1 aliphatic carbocycles. The lowest BCUT2D eigenvalue weighted by atomic mass is 10.2. The molecule has 2 amide bonds. The molecule has 1 saturated carbocycles. The Balaban J connectivity index is 1.43. The van der Waals surface area contributed by atoms with Crippen LogP contribution in [0.5, 0.6) is 5.75 Å². The van der Waals surface area contributed by atoms with Gasteiger partial charge in [0.05, 0.1) is 12.8 Å². The maximum atomic E-state index is 12.3. The number of rotatable bonds is 6. The van der Waals surface area contributed by atoms with E-state index >= 15 is 0 Å². The molecule has 4 rings (SSSR count). The van der Waals surface area contributed by atoms with Crippen LogP contribution in [0.3, 0.4) is 0 Å². The predicted octanol–water partition coefficient (Wildman–Crippen LogP) is 4.57. The van der Waals surface area contributed by atoms with E-state index < -0.39 is 0 Å². The Kier molecular flexibility index (Phi) is 5.85. The van der Waals surface area contributed by atoms with Crippen LogP contribution in [0, 0.1) is 0 Å². The second kappa shape index (κ2) is 8.69. The molecule has 0 atom stereocenters. The zero-order valence-electron chi connectivity index (χ0n) is 16.3. The van der Waals surface area contributed by atoms with Gasteiger partial charge in [0, 0.05) is 30.2 Å². The number of ether oxygens (including phenoxy) is 1. The summed E-state index contributed by atoms with van der Waals surface area (Å²) >= 11 is 6.02. The van der Waals surface area contributed by atoms with Gasteiger partial charge in [-0.1, -0.05) is 24.4 Å². The number of carbonyl (C=O) groups is 1. The second-order valence-corrected chi connectivity index (χ2v) is 7.59. The number of pyridine rings is 1. The van der Waals surface area contributed by atoms with Crippen molar-refractivity contribution in [2.75, 3.05) is 19.0 Å². The first-order chi connectivity index (χ1) is 14.2. The Labute approximate surface area is 174 Å². The highest BCUT2D eigenvalue weighted by atomic mass is 35.5. The summed E-state index contributed by atoms with van der Waals surface area (Å²) in [6, 6.07) is 9.11. The van der Waals surface area contributed by atoms with Crippen molar-refractivity contribution in [1.29, 1.82) is 0 Å². The van der Waals surface area contributed by atoms with Crippen LogP contribution >= 0.6 is 11.6 Å². The van der Waals surface area contributed by atoms with Crippen molar-refractivity contribution >= 4 is 34.5 Å². The van der Waals surface area contributed by atoms with Crippen molar-refractivity contribution in [3.8, 4) is 5.75 Å². The predicted molar refractivity (Wildman–Crippen MR) is 114 cm³/mol. The SMILES string of the molecule is COc1ccc(Cl)cc1NC(=O)NCCc1nc2cccnc2n1C1CCCC1. The first-order valence-corrected chi connectivity index (χ1v) is 10.2. The van der Waals surface area contributed by atoms with E-state index in [9.17, 15) is 4.79 Å². The van der Waals surface area contributed by atoms with Gasteiger partial charge in [0.1, 0.15) is 17.1 Å². The monoisotopic (exact) mass is 413 g/mol. The van der Waals surface area contributed by atoms with Crippen molar-refractivity contribution in [1.82, 2.24) is 19.9 Å². The molecule has 2 heterocycles. The van der Waals surface area contributed by atoms with E-state index in [1.165, 1.54) is 12.8 Å². The number of nitrogens with one attached hydrogen (secondary N) is 2. The third kappa shape index (κ3) is 4.29. The minimum Gasteiger partial charge on any atom is -0.495 e. The molecule has 8 heteroatoms. The molecule has 152 valence electrons. The third-order valence-corrected chi connectivity index (χ3v) is 5.49. The van der Waals surface area contributed by atoms with E-state index in [2.05, 4.69) is 20.2 Å². The molecular formula is C21H24ClN5O2. The molecule has 2 N–H and O–H groups in total. The highest BCUT2D eigenvalue weighted by Crippen LogP contribution is 2.33. The Morgan fingerprint density at radius 2 is 2.14 bits per heavy atom. The van der Waals surface area contributed by atoms with Crippen LogP contribution in [0.1, 0.15) is 37.5 Å². The van der Waals surface area contributed by atoms with Crippen LogP contribution in [0.2, 0.25) is 5.02 Å². The lowest BCUT2D eigenvalue weighted by Crippen LogP contribution is -2.31. The van der Waals surface area contributed by atoms with Gasteiger partial charge in [-0.15, -0.1) is 0 Å². The zero-order valence-corrected chi connectivity index (χ0v) is 17.1. The standard InChI is InChI=1S/C21H24ClN5O2/c1-29-18-9-8-14(22)13-17(18)26-21(28)24-12-10-19-25-16-7-4-11-23-20(16)27(19)15-5-2-3-6-15/h4,7-9,11,13,15H,2-3,5-6,10,12H2,1H3,(H2,24,26,28). The number of hydrogen-bond acceptors (Lipinski definition) is 4. The van der Waals surface area contributed by atoms with Crippen molar-refractivity contribution in [2.45, 2.75) is 38.1 Å². The summed E-state index contributed by atoms with van der Waals surface area (Å²) in [6.45, 7) is 0.463. The number of methoxy groups -OCH3 is 1. The Bertz CT molecular complexity index is 1010. The highest BCUT2D eigenvalue weighted by molar-refractivity contribution is 6.31. The zero-order chi connectivity index (χ0) is 20.2. The molecule has 0 aliphatic heterocycles. The van der Waals surface area contributed by atoms with Crippen LogP contribution in [0.4, 0.5) is 10.5 Å². The maximum Gasteiger partial charge on any atom is 0.319 e. The van der Waals surface area contributed by atoms with Crippen molar-refractivity contribution < 1.29 is 9.53 Å². The Hall–Kier alpha value is -2.80. The van der Waals surface area contributed by atoms with Gasteiger partial charge in [0.15, 0.2) is 5.65 Å². The number of nitrogens with zero attached hydrogens (tertiary/aromatic N) is 3. The smallest absolute Gasteiger partial charge is 0.319 e. The maximum absolute atomic E-state index is 12.3. The number of carbonyl (C=O) groups excluding carboxylic acids is 1.